The quantitative estimate of drug-likeness (QED) is 0.0929. The molecule has 2 rings (SSSR count). The van der Waals surface area contributed by atoms with Crippen molar-refractivity contribution >= 4 is 0 Å². The van der Waals surface area contributed by atoms with Gasteiger partial charge in [-0.3, -0.25) is 0 Å². The fourth-order valence-corrected chi connectivity index (χ4v) is 6.51. The summed E-state index contributed by atoms with van der Waals surface area (Å²) in [5.74, 6) is 1.76. The van der Waals surface area contributed by atoms with E-state index in [0.717, 1.165) is 33.8 Å². The van der Waals surface area contributed by atoms with Crippen LogP contribution >= 0.6 is 0 Å². The van der Waals surface area contributed by atoms with Crippen molar-refractivity contribution < 1.29 is 99.8 Å². The van der Waals surface area contributed by atoms with E-state index in [9.17, 15) is 0 Å². The van der Waals surface area contributed by atoms with Gasteiger partial charge in [-0.2, -0.15) is 0 Å². The largest absolute Gasteiger partial charge is 0.490 e. The van der Waals surface area contributed by atoms with Crippen molar-refractivity contribution in [1.82, 2.24) is 0 Å². The number of aryl methyl sites for hydroxylation is 4. The molecule has 21 nitrogen and oxygen atoms in total. The van der Waals surface area contributed by atoms with Crippen LogP contribution in [0.15, 0.2) is 36.4 Å². The van der Waals surface area contributed by atoms with Gasteiger partial charge in [-0.15, -0.1) is 0 Å². The Bertz CT molecular complexity index is 1430. The second-order valence-electron chi connectivity index (χ2n) is 16.7. The lowest BCUT2D eigenvalue weighted by Gasteiger charge is -2.22. The molecular formula is C55H96O21. The zero-order valence-corrected chi connectivity index (χ0v) is 46.5. The van der Waals surface area contributed by atoms with Crippen LogP contribution in [0, 0.1) is 27.7 Å². The number of aliphatic hydroxyl groups excluding tert-OH is 1. The van der Waals surface area contributed by atoms with E-state index in [4.69, 9.17) is 99.8 Å². The number of rotatable bonds is 60. The van der Waals surface area contributed by atoms with Crippen molar-refractivity contribution in [1.29, 1.82) is 0 Å². The molecule has 0 radical (unpaired) electrons. The molecule has 2 aromatic rings. The maximum Gasteiger partial charge on any atom is 0.125 e. The summed E-state index contributed by atoms with van der Waals surface area (Å²) >= 11 is 0. The molecule has 2 aromatic carbocycles. The Morgan fingerprint density at radius 3 is 0.618 bits per heavy atom. The Morgan fingerprint density at radius 1 is 0.263 bits per heavy atom. The SMILES string of the molecule is Cc1cccc(C)c1OCC(COc1c(C)cccc1C)OCCOCCOCCOCCOCCOCCOCCOCCOCCOCCOCCOCCOCCOCCOCCOCCOCCOCCO. The normalized spacial score (nSPS) is 11.7. The Labute approximate surface area is 453 Å². The molecule has 0 aromatic heterocycles. The summed E-state index contributed by atoms with van der Waals surface area (Å²) in [5, 5.41) is 8.61. The van der Waals surface area contributed by atoms with E-state index in [0.29, 0.717) is 244 Å². The first-order valence-corrected chi connectivity index (χ1v) is 26.9. The number of hydrogen-bond acceptors (Lipinski definition) is 21. The second-order valence-corrected chi connectivity index (χ2v) is 16.7. The lowest BCUT2D eigenvalue weighted by atomic mass is 10.1. The van der Waals surface area contributed by atoms with Gasteiger partial charge in [-0.1, -0.05) is 36.4 Å². The lowest BCUT2D eigenvalue weighted by molar-refractivity contribution is -0.0443. The highest BCUT2D eigenvalue weighted by Gasteiger charge is 2.15. The van der Waals surface area contributed by atoms with Crippen molar-refractivity contribution in [2.24, 2.45) is 0 Å². The van der Waals surface area contributed by atoms with Crippen LogP contribution in [0.3, 0.4) is 0 Å². The topological polar surface area (TPSA) is 205 Å². The molecule has 0 aliphatic carbocycles. The molecule has 0 spiro atoms. The number of benzene rings is 2. The van der Waals surface area contributed by atoms with E-state index in [-0.39, 0.29) is 12.7 Å². The highest BCUT2D eigenvalue weighted by Crippen LogP contribution is 2.24. The van der Waals surface area contributed by atoms with E-state index in [2.05, 4.69) is 0 Å². The van der Waals surface area contributed by atoms with Gasteiger partial charge in [0.25, 0.3) is 0 Å². The molecule has 21 heteroatoms. The molecule has 0 aliphatic heterocycles. The van der Waals surface area contributed by atoms with Gasteiger partial charge in [-0.05, 0) is 49.9 Å². The molecule has 0 fully saturated rings. The standard InChI is InChI=1S/C55H96O21/c1-49-7-5-8-50(2)54(49)75-47-53(48-76-55-51(3)9-6-10-52(55)4)74-46-45-73-44-43-72-42-41-71-40-39-70-38-37-69-36-35-68-34-33-67-32-31-66-30-29-65-28-27-64-26-25-63-24-23-62-22-21-61-20-19-60-18-17-59-16-15-58-14-13-57-12-11-56/h5-10,53,56H,11-48H2,1-4H3. The van der Waals surface area contributed by atoms with Gasteiger partial charge in [0.05, 0.1) is 238 Å². The van der Waals surface area contributed by atoms with E-state index in [1.807, 2.05) is 64.1 Å². The highest BCUT2D eigenvalue weighted by atomic mass is 16.6. The first-order valence-electron chi connectivity index (χ1n) is 26.9. The molecule has 1 N–H and O–H groups in total. The van der Waals surface area contributed by atoms with Gasteiger partial charge in [-0.25, -0.2) is 0 Å². The number of ether oxygens (including phenoxy) is 20. The molecule has 0 unspecified atom stereocenters. The van der Waals surface area contributed by atoms with Crippen LogP contribution in [0.5, 0.6) is 11.5 Å². The Hall–Kier alpha value is -2.72. The first kappa shape index (κ1) is 69.4. The molecule has 0 amide bonds. The maximum atomic E-state index is 8.61. The minimum absolute atomic E-state index is 0.0186. The Morgan fingerprint density at radius 2 is 0.434 bits per heavy atom. The van der Waals surface area contributed by atoms with Gasteiger partial charge < -0.3 is 99.8 Å². The van der Waals surface area contributed by atoms with E-state index in [1.54, 1.807) is 0 Å². The van der Waals surface area contributed by atoms with Crippen molar-refractivity contribution in [3.05, 3.63) is 58.7 Å². The molecule has 76 heavy (non-hydrogen) atoms. The molecule has 0 heterocycles. The van der Waals surface area contributed by atoms with Crippen LogP contribution in [0.2, 0.25) is 0 Å². The summed E-state index contributed by atoms with van der Waals surface area (Å²) in [5.41, 5.74) is 4.35. The molecular weight excluding hydrogens is 997 g/mol. The zero-order chi connectivity index (χ0) is 54.3. The van der Waals surface area contributed by atoms with E-state index >= 15 is 0 Å². The van der Waals surface area contributed by atoms with Crippen LogP contribution in [0.25, 0.3) is 0 Å². The number of hydrogen-bond donors (Lipinski definition) is 1. The van der Waals surface area contributed by atoms with Crippen LogP contribution < -0.4 is 9.47 Å². The van der Waals surface area contributed by atoms with Crippen molar-refractivity contribution in [2.75, 3.05) is 251 Å². The molecule has 442 valence electrons. The van der Waals surface area contributed by atoms with Gasteiger partial charge >= 0.3 is 0 Å². The Balaban J connectivity index is 1.20. The third-order valence-corrected chi connectivity index (χ3v) is 10.4. The molecule has 0 saturated carbocycles. The molecule has 0 atom stereocenters. The van der Waals surface area contributed by atoms with Crippen LogP contribution in [-0.2, 0) is 85.3 Å². The summed E-state index contributed by atoms with van der Waals surface area (Å²) in [4.78, 5) is 0. The minimum atomic E-state index is -0.276. The van der Waals surface area contributed by atoms with Crippen LogP contribution in [-0.4, -0.2) is 262 Å². The minimum Gasteiger partial charge on any atom is -0.490 e. The summed E-state index contributed by atoms with van der Waals surface area (Å²) in [6.07, 6.45) is -0.276. The number of aliphatic hydroxyl groups is 1. The van der Waals surface area contributed by atoms with Crippen LogP contribution in [0.4, 0.5) is 0 Å². The predicted octanol–water partition coefficient (Wildman–Crippen LogP) is 4.04. The van der Waals surface area contributed by atoms with Crippen molar-refractivity contribution in [2.45, 2.75) is 33.8 Å². The molecule has 0 aliphatic rings. The van der Waals surface area contributed by atoms with Crippen LogP contribution in [0.1, 0.15) is 22.3 Å². The molecule has 0 saturated heterocycles. The number of para-hydroxylation sites is 2. The van der Waals surface area contributed by atoms with Gasteiger partial charge in [0.15, 0.2) is 0 Å². The smallest absolute Gasteiger partial charge is 0.125 e. The van der Waals surface area contributed by atoms with Gasteiger partial charge in [0.2, 0.25) is 0 Å². The third kappa shape index (κ3) is 43.2. The lowest BCUT2D eigenvalue weighted by Crippen LogP contribution is -2.30. The maximum absolute atomic E-state index is 8.61. The summed E-state index contributed by atoms with van der Waals surface area (Å²) in [6, 6.07) is 12.2. The summed E-state index contributed by atoms with van der Waals surface area (Å²) in [7, 11) is 0. The summed E-state index contributed by atoms with van der Waals surface area (Å²) in [6.45, 7) is 25.6. The zero-order valence-electron chi connectivity index (χ0n) is 46.5. The fraction of sp³-hybridized carbons (Fsp3) is 0.782. The third-order valence-electron chi connectivity index (χ3n) is 10.4. The fourth-order valence-electron chi connectivity index (χ4n) is 6.51. The summed E-state index contributed by atoms with van der Waals surface area (Å²) < 4.78 is 112. The average Bonchev–Trinajstić information content (AvgIpc) is 3.41. The molecule has 0 bridgehead atoms. The first-order chi connectivity index (χ1) is 37.5. The predicted molar refractivity (Wildman–Crippen MR) is 284 cm³/mol. The van der Waals surface area contributed by atoms with E-state index in [1.165, 1.54) is 0 Å². The van der Waals surface area contributed by atoms with Gasteiger partial charge in [0.1, 0.15) is 30.8 Å². The van der Waals surface area contributed by atoms with Crippen molar-refractivity contribution in [3.8, 4) is 11.5 Å². The monoisotopic (exact) mass is 1090 g/mol. The second kappa shape index (κ2) is 54.2. The van der Waals surface area contributed by atoms with E-state index < -0.39 is 0 Å². The van der Waals surface area contributed by atoms with Gasteiger partial charge in [0, 0.05) is 0 Å². The average molecular weight is 1090 g/mol. The Kier molecular flexibility index (Phi) is 49.5. The highest BCUT2D eigenvalue weighted by molar-refractivity contribution is 5.40. The van der Waals surface area contributed by atoms with Crippen molar-refractivity contribution in [3.63, 3.8) is 0 Å².